The van der Waals surface area contributed by atoms with Crippen molar-refractivity contribution in [2.24, 2.45) is 0 Å². The fourth-order valence-corrected chi connectivity index (χ4v) is 2.94. The Hall–Kier alpha value is -1.14. The van der Waals surface area contributed by atoms with Crippen LogP contribution < -0.4 is 11.2 Å². The highest BCUT2D eigenvalue weighted by Gasteiger charge is 2.09. The van der Waals surface area contributed by atoms with Gasteiger partial charge in [-0.25, -0.2) is 4.79 Å². The molecule has 2 rings (SSSR count). The Morgan fingerprint density at radius 3 is 2.53 bits per heavy atom. The summed E-state index contributed by atoms with van der Waals surface area (Å²) in [6, 6.07) is 5.06. The van der Waals surface area contributed by atoms with Crippen molar-refractivity contribution in [2.75, 3.05) is 0 Å². The minimum absolute atomic E-state index is 0.143. The van der Waals surface area contributed by atoms with Crippen molar-refractivity contribution in [1.82, 2.24) is 9.55 Å². The predicted octanol–water partition coefficient (Wildman–Crippen LogP) is 2.61. The van der Waals surface area contributed by atoms with Gasteiger partial charge in [0.2, 0.25) is 0 Å². The molecule has 0 atom stereocenters. The van der Waals surface area contributed by atoms with E-state index in [-0.39, 0.29) is 17.3 Å². The van der Waals surface area contributed by atoms with Crippen molar-refractivity contribution in [3.63, 3.8) is 0 Å². The van der Waals surface area contributed by atoms with Gasteiger partial charge in [0.25, 0.3) is 5.56 Å². The molecule has 0 aliphatic rings. The summed E-state index contributed by atoms with van der Waals surface area (Å²) in [4.78, 5) is 27.2. The quantitative estimate of drug-likeness (QED) is 0.926. The van der Waals surface area contributed by atoms with Crippen LogP contribution in [0.4, 0.5) is 0 Å². The van der Waals surface area contributed by atoms with Crippen molar-refractivity contribution in [3.05, 3.63) is 42.8 Å². The molecule has 17 heavy (non-hydrogen) atoms. The molecule has 0 radical (unpaired) electrons. The fraction of sp³-hybridized carbons (Fsp3) is 0.273. The number of aromatic amines is 1. The molecule has 2 heterocycles. The van der Waals surface area contributed by atoms with E-state index in [1.165, 1.54) is 22.0 Å². The van der Waals surface area contributed by atoms with Gasteiger partial charge in [-0.1, -0.05) is 0 Å². The summed E-state index contributed by atoms with van der Waals surface area (Å²) in [5.41, 5.74) is -0.0807. The average molecular weight is 315 g/mol. The second-order valence-electron chi connectivity index (χ2n) is 3.89. The van der Waals surface area contributed by atoms with Gasteiger partial charge in [0.1, 0.15) is 0 Å². The number of rotatable bonds is 2. The summed E-state index contributed by atoms with van der Waals surface area (Å²) in [6.07, 6.45) is 0. The molecule has 2 aromatic heterocycles. The standard InChI is InChI=1S/C11H11BrN2O2S/c1-6(2)14-10(15)5-7(13-11(14)16)8-3-4-9(12)17-8/h3-6H,1-2H3,(H,13,16). The number of nitrogens with one attached hydrogen (secondary N) is 1. The molecule has 0 saturated heterocycles. The molecular weight excluding hydrogens is 304 g/mol. The summed E-state index contributed by atoms with van der Waals surface area (Å²) < 4.78 is 2.16. The van der Waals surface area contributed by atoms with Gasteiger partial charge in [-0.15, -0.1) is 11.3 Å². The molecule has 0 aliphatic carbocycles. The Morgan fingerprint density at radius 2 is 2.06 bits per heavy atom. The smallest absolute Gasteiger partial charge is 0.306 e. The van der Waals surface area contributed by atoms with Crippen molar-refractivity contribution >= 4 is 27.3 Å². The maximum absolute atomic E-state index is 11.8. The van der Waals surface area contributed by atoms with E-state index >= 15 is 0 Å². The molecule has 0 bridgehead atoms. The third kappa shape index (κ3) is 2.42. The predicted molar refractivity (Wildman–Crippen MR) is 72.7 cm³/mol. The molecule has 0 unspecified atom stereocenters. The van der Waals surface area contributed by atoms with Crippen LogP contribution in [0.2, 0.25) is 0 Å². The van der Waals surface area contributed by atoms with Crippen LogP contribution in [0.25, 0.3) is 10.6 Å². The Balaban J connectivity index is 2.61. The first-order valence-corrected chi connectivity index (χ1v) is 6.71. The van der Waals surface area contributed by atoms with E-state index in [0.717, 1.165) is 8.66 Å². The van der Waals surface area contributed by atoms with E-state index in [1.807, 2.05) is 12.1 Å². The maximum Gasteiger partial charge on any atom is 0.329 e. The van der Waals surface area contributed by atoms with E-state index < -0.39 is 0 Å². The lowest BCUT2D eigenvalue weighted by molar-refractivity contribution is 0.547. The van der Waals surface area contributed by atoms with Gasteiger partial charge in [0, 0.05) is 12.1 Å². The van der Waals surface area contributed by atoms with Gasteiger partial charge in [-0.3, -0.25) is 9.36 Å². The fourth-order valence-electron chi connectivity index (χ4n) is 1.59. The summed E-state index contributed by atoms with van der Waals surface area (Å²) >= 11 is 4.82. The number of hydrogen-bond donors (Lipinski definition) is 1. The minimum atomic E-state index is -0.368. The highest BCUT2D eigenvalue weighted by atomic mass is 79.9. The second kappa shape index (κ2) is 4.62. The molecule has 0 spiro atoms. The lowest BCUT2D eigenvalue weighted by Crippen LogP contribution is -2.35. The Morgan fingerprint density at radius 1 is 1.35 bits per heavy atom. The highest BCUT2D eigenvalue weighted by molar-refractivity contribution is 9.11. The molecule has 6 heteroatoms. The van der Waals surface area contributed by atoms with E-state index in [9.17, 15) is 9.59 Å². The zero-order valence-electron chi connectivity index (χ0n) is 9.36. The zero-order valence-corrected chi connectivity index (χ0v) is 11.8. The molecule has 0 fully saturated rings. The number of hydrogen-bond acceptors (Lipinski definition) is 3. The number of halogens is 1. The van der Waals surface area contributed by atoms with Crippen molar-refractivity contribution < 1.29 is 0 Å². The average Bonchev–Trinajstić information content (AvgIpc) is 2.63. The Kier molecular flexibility index (Phi) is 3.35. The maximum atomic E-state index is 11.8. The van der Waals surface area contributed by atoms with Gasteiger partial charge in [0.15, 0.2) is 0 Å². The van der Waals surface area contributed by atoms with Crippen LogP contribution in [0, 0.1) is 0 Å². The molecule has 0 aliphatic heterocycles. The monoisotopic (exact) mass is 314 g/mol. The summed E-state index contributed by atoms with van der Waals surface area (Å²) in [7, 11) is 0. The summed E-state index contributed by atoms with van der Waals surface area (Å²) in [6.45, 7) is 3.61. The second-order valence-corrected chi connectivity index (χ2v) is 6.36. The third-order valence-corrected chi connectivity index (χ3v) is 3.98. The van der Waals surface area contributed by atoms with Gasteiger partial charge >= 0.3 is 5.69 Å². The van der Waals surface area contributed by atoms with Crippen molar-refractivity contribution in [3.8, 4) is 10.6 Å². The largest absolute Gasteiger partial charge is 0.329 e. The zero-order chi connectivity index (χ0) is 12.6. The third-order valence-electron chi connectivity index (χ3n) is 2.32. The normalized spacial score (nSPS) is 11.1. The lowest BCUT2D eigenvalue weighted by Gasteiger charge is -2.08. The number of H-pyrrole nitrogens is 1. The molecule has 0 aromatic carbocycles. The van der Waals surface area contributed by atoms with Crippen LogP contribution in [0.15, 0.2) is 31.6 Å². The minimum Gasteiger partial charge on any atom is -0.306 e. The van der Waals surface area contributed by atoms with E-state index in [0.29, 0.717) is 5.69 Å². The van der Waals surface area contributed by atoms with Crippen LogP contribution in [0.1, 0.15) is 19.9 Å². The van der Waals surface area contributed by atoms with Gasteiger partial charge in [-0.2, -0.15) is 0 Å². The van der Waals surface area contributed by atoms with E-state index in [1.54, 1.807) is 13.8 Å². The van der Waals surface area contributed by atoms with Crippen LogP contribution in [-0.2, 0) is 0 Å². The van der Waals surface area contributed by atoms with Crippen LogP contribution in [0.5, 0.6) is 0 Å². The van der Waals surface area contributed by atoms with E-state index in [2.05, 4.69) is 20.9 Å². The van der Waals surface area contributed by atoms with E-state index in [4.69, 9.17) is 0 Å². The SMILES string of the molecule is CC(C)n1c(=O)cc(-c2ccc(Br)s2)[nH]c1=O. The Labute approximate surface area is 110 Å². The number of aromatic nitrogens is 2. The first kappa shape index (κ1) is 12.3. The highest BCUT2D eigenvalue weighted by Crippen LogP contribution is 2.28. The molecular formula is C11H11BrN2O2S. The van der Waals surface area contributed by atoms with Gasteiger partial charge < -0.3 is 4.98 Å². The van der Waals surface area contributed by atoms with Crippen LogP contribution in [0.3, 0.4) is 0 Å². The molecule has 2 aromatic rings. The number of nitrogens with zero attached hydrogens (tertiary/aromatic N) is 1. The molecule has 0 amide bonds. The van der Waals surface area contributed by atoms with Gasteiger partial charge in [0.05, 0.1) is 14.4 Å². The first-order chi connectivity index (χ1) is 7.99. The van der Waals surface area contributed by atoms with Crippen molar-refractivity contribution in [1.29, 1.82) is 0 Å². The molecule has 1 N–H and O–H groups in total. The Bertz CT molecular complexity index is 623. The first-order valence-electron chi connectivity index (χ1n) is 5.10. The number of thiophene rings is 1. The van der Waals surface area contributed by atoms with Crippen LogP contribution >= 0.6 is 27.3 Å². The topological polar surface area (TPSA) is 54.9 Å². The lowest BCUT2D eigenvalue weighted by atomic mass is 10.3. The molecule has 4 nitrogen and oxygen atoms in total. The summed E-state index contributed by atoms with van der Waals surface area (Å²) in [5.74, 6) is 0. The molecule has 90 valence electrons. The molecule has 0 saturated carbocycles. The van der Waals surface area contributed by atoms with Crippen molar-refractivity contribution in [2.45, 2.75) is 19.9 Å². The summed E-state index contributed by atoms with van der Waals surface area (Å²) in [5, 5.41) is 0. The van der Waals surface area contributed by atoms with Crippen LogP contribution in [-0.4, -0.2) is 9.55 Å². The van der Waals surface area contributed by atoms with Gasteiger partial charge in [-0.05, 0) is 41.9 Å².